The number of ether oxygens (including phenoxy) is 4. The number of ketones is 1. The van der Waals surface area contributed by atoms with Crippen LogP contribution in [0.2, 0.25) is 0 Å². The molecule has 202 valence electrons. The van der Waals surface area contributed by atoms with Crippen LogP contribution in [-0.2, 0) is 15.0 Å². The minimum absolute atomic E-state index is 0.0399. The van der Waals surface area contributed by atoms with E-state index in [9.17, 15) is 14.7 Å². The highest BCUT2D eigenvalue weighted by Gasteiger charge is 2.47. The third kappa shape index (κ3) is 4.67. The van der Waals surface area contributed by atoms with Crippen molar-refractivity contribution in [3.8, 4) is 23.0 Å². The molecule has 2 heterocycles. The van der Waals surface area contributed by atoms with Gasteiger partial charge in [0.2, 0.25) is 0 Å². The minimum Gasteiger partial charge on any atom is -0.507 e. The first-order valence-electron chi connectivity index (χ1n) is 12.7. The molecule has 39 heavy (non-hydrogen) atoms. The zero-order valence-corrected chi connectivity index (χ0v) is 22.6. The quantitative estimate of drug-likeness (QED) is 0.269. The van der Waals surface area contributed by atoms with Gasteiger partial charge in [-0.3, -0.25) is 14.5 Å². The smallest absolute Gasteiger partial charge is 0.300 e. The van der Waals surface area contributed by atoms with E-state index in [1.807, 2.05) is 24.3 Å². The second kappa shape index (κ2) is 10.0. The maximum Gasteiger partial charge on any atom is 0.300 e. The number of benzene rings is 3. The molecule has 0 aromatic heterocycles. The van der Waals surface area contributed by atoms with Gasteiger partial charge in [0.15, 0.2) is 11.5 Å². The fraction of sp³-hybridized carbons (Fsp3) is 0.290. The number of aliphatic hydroxyl groups excluding tert-OH is 1. The number of methoxy groups -OCH3 is 2. The van der Waals surface area contributed by atoms with E-state index in [-0.39, 0.29) is 22.3 Å². The summed E-state index contributed by atoms with van der Waals surface area (Å²) in [5, 5.41) is 11.6. The van der Waals surface area contributed by atoms with Gasteiger partial charge < -0.3 is 24.1 Å². The lowest BCUT2D eigenvalue weighted by molar-refractivity contribution is -0.132. The number of anilines is 1. The van der Waals surface area contributed by atoms with Crippen LogP contribution >= 0.6 is 0 Å². The van der Waals surface area contributed by atoms with Crippen LogP contribution in [0.3, 0.4) is 0 Å². The fourth-order valence-electron chi connectivity index (χ4n) is 4.90. The number of amides is 1. The van der Waals surface area contributed by atoms with Gasteiger partial charge in [0.1, 0.15) is 30.5 Å². The number of hydrogen-bond acceptors (Lipinski definition) is 7. The van der Waals surface area contributed by atoms with Gasteiger partial charge >= 0.3 is 0 Å². The van der Waals surface area contributed by atoms with Gasteiger partial charge in [-0.2, -0.15) is 0 Å². The third-order valence-corrected chi connectivity index (χ3v) is 7.00. The van der Waals surface area contributed by atoms with E-state index >= 15 is 0 Å². The molecule has 1 unspecified atom stereocenters. The van der Waals surface area contributed by atoms with Crippen LogP contribution in [0.4, 0.5) is 5.69 Å². The molecule has 8 nitrogen and oxygen atoms in total. The van der Waals surface area contributed by atoms with E-state index in [0.717, 1.165) is 5.56 Å². The van der Waals surface area contributed by atoms with Crippen LogP contribution in [-0.4, -0.2) is 44.2 Å². The van der Waals surface area contributed by atoms with Crippen molar-refractivity contribution in [2.75, 3.05) is 32.3 Å². The minimum atomic E-state index is -0.895. The van der Waals surface area contributed by atoms with Crippen molar-refractivity contribution in [2.45, 2.75) is 32.2 Å². The number of aliphatic hydroxyl groups is 1. The summed E-state index contributed by atoms with van der Waals surface area (Å²) >= 11 is 0. The van der Waals surface area contributed by atoms with E-state index in [1.54, 1.807) is 36.4 Å². The predicted molar refractivity (Wildman–Crippen MR) is 147 cm³/mol. The Morgan fingerprint density at radius 1 is 0.897 bits per heavy atom. The van der Waals surface area contributed by atoms with Crippen molar-refractivity contribution in [1.82, 2.24) is 0 Å². The predicted octanol–water partition coefficient (Wildman–Crippen LogP) is 5.40. The molecule has 0 saturated carbocycles. The Bertz CT molecular complexity index is 1470. The summed E-state index contributed by atoms with van der Waals surface area (Å²) in [6.07, 6.45) is 0. The number of fused-ring (bicyclic) bond motifs is 1. The van der Waals surface area contributed by atoms with Crippen LogP contribution in [0.5, 0.6) is 23.0 Å². The molecule has 0 spiro atoms. The van der Waals surface area contributed by atoms with Crippen LogP contribution in [0.1, 0.15) is 43.5 Å². The van der Waals surface area contributed by atoms with Gasteiger partial charge in [-0.25, -0.2) is 0 Å². The monoisotopic (exact) mass is 529 g/mol. The molecule has 1 amide bonds. The average molecular weight is 530 g/mol. The molecule has 1 saturated heterocycles. The summed E-state index contributed by atoms with van der Waals surface area (Å²) in [5.41, 5.74) is 2.36. The van der Waals surface area contributed by atoms with E-state index in [0.29, 0.717) is 47.5 Å². The van der Waals surface area contributed by atoms with E-state index in [4.69, 9.17) is 18.9 Å². The number of carbonyl (C=O) groups is 2. The van der Waals surface area contributed by atoms with Crippen molar-refractivity contribution in [3.63, 3.8) is 0 Å². The molecule has 1 N–H and O–H groups in total. The van der Waals surface area contributed by atoms with E-state index in [1.165, 1.54) is 19.1 Å². The van der Waals surface area contributed by atoms with Crippen molar-refractivity contribution in [1.29, 1.82) is 0 Å². The number of hydrogen-bond donors (Lipinski definition) is 1. The Labute approximate surface area is 227 Å². The van der Waals surface area contributed by atoms with Gasteiger partial charge in [-0.15, -0.1) is 0 Å². The highest BCUT2D eigenvalue weighted by Crippen LogP contribution is 2.45. The SMILES string of the molecule is COc1ccc(/C(O)=C2\C(=O)C(=O)N(c3ccc4c(c3)OCCO4)C2c2ccc(C(C)(C)C)cc2)c(OC)c1. The molecule has 3 aromatic rings. The van der Waals surface area contributed by atoms with Crippen molar-refractivity contribution in [2.24, 2.45) is 0 Å². The third-order valence-electron chi connectivity index (χ3n) is 7.00. The standard InChI is InChI=1S/C31H31NO7/c1-31(2,3)19-8-6-18(7-9-19)27-26(28(33)22-12-11-21(36-4)17-24(22)37-5)29(34)30(35)32(27)20-10-13-23-25(16-20)39-15-14-38-23/h6-13,16-17,27,33H,14-15H2,1-5H3/b28-26+. The Morgan fingerprint density at radius 3 is 2.23 bits per heavy atom. The normalized spacial score (nSPS) is 18.3. The van der Waals surface area contributed by atoms with Gasteiger partial charge in [0.05, 0.1) is 31.4 Å². The maximum absolute atomic E-state index is 13.6. The summed E-state index contributed by atoms with van der Waals surface area (Å²) in [6.45, 7) is 7.14. The molecule has 2 aliphatic rings. The van der Waals surface area contributed by atoms with Gasteiger partial charge in [-0.05, 0) is 40.8 Å². The Balaban J connectivity index is 1.71. The van der Waals surface area contributed by atoms with Crippen LogP contribution < -0.4 is 23.8 Å². The van der Waals surface area contributed by atoms with Crippen LogP contribution in [0, 0.1) is 0 Å². The summed E-state index contributed by atoms with van der Waals surface area (Å²) in [5.74, 6) is -0.0165. The molecule has 0 bridgehead atoms. The molecule has 3 aromatic carbocycles. The van der Waals surface area contributed by atoms with Crippen molar-refractivity contribution >= 4 is 23.1 Å². The highest BCUT2D eigenvalue weighted by atomic mass is 16.6. The molecule has 5 rings (SSSR count). The van der Waals surface area contributed by atoms with Gasteiger partial charge in [-0.1, -0.05) is 45.0 Å². The second-order valence-corrected chi connectivity index (χ2v) is 10.4. The summed E-state index contributed by atoms with van der Waals surface area (Å²) in [7, 11) is 2.98. The first kappa shape index (κ1) is 26.2. The molecule has 1 fully saturated rings. The van der Waals surface area contributed by atoms with Crippen LogP contribution in [0.25, 0.3) is 5.76 Å². The van der Waals surface area contributed by atoms with Crippen LogP contribution in [0.15, 0.2) is 66.2 Å². The van der Waals surface area contributed by atoms with Gasteiger partial charge in [0, 0.05) is 17.8 Å². The summed E-state index contributed by atoms with van der Waals surface area (Å²) in [4.78, 5) is 28.6. The Kier molecular flexibility index (Phi) is 6.72. The Hall–Kier alpha value is -4.46. The molecule has 0 radical (unpaired) electrons. The summed E-state index contributed by atoms with van der Waals surface area (Å²) < 4.78 is 22.1. The largest absolute Gasteiger partial charge is 0.507 e. The summed E-state index contributed by atoms with van der Waals surface area (Å²) in [6, 6.07) is 16.8. The molecule has 1 atom stereocenters. The zero-order chi connectivity index (χ0) is 27.9. The number of nitrogens with zero attached hydrogens (tertiary/aromatic N) is 1. The molecular formula is C31H31NO7. The molecule has 8 heteroatoms. The number of rotatable bonds is 5. The second-order valence-electron chi connectivity index (χ2n) is 10.4. The van der Waals surface area contributed by atoms with E-state index < -0.39 is 17.7 Å². The molecule has 2 aliphatic heterocycles. The fourth-order valence-corrected chi connectivity index (χ4v) is 4.90. The lowest BCUT2D eigenvalue weighted by atomic mass is 9.85. The van der Waals surface area contributed by atoms with Crippen molar-refractivity contribution in [3.05, 3.63) is 82.9 Å². The topological polar surface area (TPSA) is 94.5 Å². The number of carbonyl (C=O) groups excluding carboxylic acids is 2. The lowest BCUT2D eigenvalue weighted by Gasteiger charge is -2.28. The Morgan fingerprint density at radius 2 is 1.59 bits per heavy atom. The molecular weight excluding hydrogens is 498 g/mol. The lowest BCUT2D eigenvalue weighted by Crippen LogP contribution is -2.29. The first-order valence-corrected chi connectivity index (χ1v) is 12.7. The van der Waals surface area contributed by atoms with E-state index in [2.05, 4.69) is 20.8 Å². The maximum atomic E-state index is 13.6. The van der Waals surface area contributed by atoms with Gasteiger partial charge in [0.25, 0.3) is 11.7 Å². The number of Topliss-reactive ketones (excluding diaryl/α,β-unsaturated/α-hetero) is 1. The average Bonchev–Trinajstić information content (AvgIpc) is 3.21. The first-order chi connectivity index (χ1) is 18.6. The zero-order valence-electron chi connectivity index (χ0n) is 22.6. The molecule has 0 aliphatic carbocycles. The highest BCUT2D eigenvalue weighted by molar-refractivity contribution is 6.51. The van der Waals surface area contributed by atoms with Crippen molar-refractivity contribution < 1.29 is 33.6 Å².